The van der Waals surface area contributed by atoms with Crippen molar-refractivity contribution in [2.45, 2.75) is 13.0 Å². The van der Waals surface area contributed by atoms with E-state index in [2.05, 4.69) is 34.6 Å². The number of benzene rings is 1. The van der Waals surface area contributed by atoms with Crippen molar-refractivity contribution < 1.29 is 9.53 Å². The second-order valence-electron chi connectivity index (χ2n) is 4.65. The second kappa shape index (κ2) is 8.17. The summed E-state index contributed by atoms with van der Waals surface area (Å²) in [4.78, 5) is 11.2. The topological polar surface area (TPSA) is 38.7 Å². The van der Waals surface area contributed by atoms with Crippen molar-refractivity contribution in [2.24, 2.45) is 4.66 Å². The van der Waals surface area contributed by atoms with Crippen LogP contribution in [0.15, 0.2) is 64.5 Å². The third-order valence-electron chi connectivity index (χ3n) is 2.99. The normalized spacial score (nSPS) is 17.6. The molecule has 0 saturated heterocycles. The summed E-state index contributed by atoms with van der Waals surface area (Å²) in [6, 6.07) is 11.2. The molecule has 3 nitrogen and oxygen atoms in total. The molecule has 108 valence electrons. The van der Waals surface area contributed by atoms with E-state index in [-0.39, 0.29) is 5.97 Å². The summed E-state index contributed by atoms with van der Waals surface area (Å²) in [7, 11) is -1.24. The lowest BCUT2D eigenvalue weighted by atomic mass is 10.2. The van der Waals surface area contributed by atoms with Crippen LogP contribution in [0.5, 0.6) is 0 Å². The maximum Gasteiger partial charge on any atom is 0.330 e. The van der Waals surface area contributed by atoms with Crippen LogP contribution < -0.4 is 0 Å². The van der Waals surface area contributed by atoms with Crippen LogP contribution in [0.3, 0.4) is 0 Å². The third kappa shape index (κ3) is 5.36. The molecule has 1 heterocycles. The Morgan fingerprint density at radius 1 is 1.29 bits per heavy atom. The van der Waals surface area contributed by atoms with Crippen molar-refractivity contribution in [3.05, 3.63) is 65.4 Å². The molecule has 1 aromatic carbocycles. The van der Waals surface area contributed by atoms with Crippen LogP contribution in [0.25, 0.3) is 6.08 Å². The average Bonchev–Trinajstić information content (AvgIpc) is 2.95. The molecule has 1 unspecified atom stereocenters. The Balaban J connectivity index is 1.83. The smallest absolute Gasteiger partial charge is 0.330 e. The van der Waals surface area contributed by atoms with Gasteiger partial charge in [-0.05, 0) is 30.2 Å². The van der Waals surface area contributed by atoms with Crippen molar-refractivity contribution in [1.82, 2.24) is 0 Å². The molecule has 1 aromatic rings. The van der Waals surface area contributed by atoms with Crippen molar-refractivity contribution >= 4 is 27.2 Å². The third-order valence-corrected chi connectivity index (χ3v) is 5.04. The van der Waals surface area contributed by atoms with Gasteiger partial charge in [0.25, 0.3) is 0 Å². The van der Waals surface area contributed by atoms with E-state index in [1.54, 1.807) is 13.0 Å². The highest BCUT2D eigenvalue weighted by Crippen LogP contribution is 2.11. The highest BCUT2D eigenvalue weighted by atomic mass is 28.3. The Labute approximate surface area is 127 Å². The molecule has 1 aliphatic heterocycles. The summed E-state index contributed by atoms with van der Waals surface area (Å²) in [6.45, 7) is 2.20. The zero-order chi connectivity index (χ0) is 14.9. The number of carbonyl (C=O) groups is 1. The molecule has 0 aliphatic carbocycles. The Morgan fingerprint density at radius 2 is 2.10 bits per heavy atom. The van der Waals surface area contributed by atoms with Gasteiger partial charge >= 0.3 is 5.97 Å². The number of hydrogen-bond donors (Lipinski definition) is 0. The first-order valence-electron chi connectivity index (χ1n) is 7.09. The summed E-state index contributed by atoms with van der Waals surface area (Å²) < 4.78 is 9.38. The zero-order valence-electron chi connectivity index (χ0n) is 12.1. The largest absolute Gasteiger partial charge is 0.463 e. The van der Waals surface area contributed by atoms with E-state index in [1.165, 1.54) is 11.6 Å². The number of esters is 1. The van der Waals surface area contributed by atoms with Gasteiger partial charge in [0, 0.05) is 12.3 Å². The lowest BCUT2D eigenvalue weighted by molar-refractivity contribution is -0.137. The molecule has 2 rings (SSSR count). The average molecular weight is 297 g/mol. The summed E-state index contributed by atoms with van der Waals surface area (Å²) in [6.07, 6.45) is 9.39. The summed E-state index contributed by atoms with van der Waals surface area (Å²) in [5, 5.41) is 0. The van der Waals surface area contributed by atoms with E-state index in [4.69, 9.17) is 4.74 Å². The van der Waals surface area contributed by atoms with Gasteiger partial charge < -0.3 is 9.39 Å². The van der Waals surface area contributed by atoms with Crippen LogP contribution in [-0.4, -0.2) is 27.7 Å². The minimum absolute atomic E-state index is 0.305. The molecule has 0 saturated carbocycles. The molecule has 1 atom stereocenters. The lowest BCUT2D eigenvalue weighted by Gasteiger charge is -1.96. The van der Waals surface area contributed by atoms with Gasteiger partial charge in [-0.25, -0.2) is 4.79 Å². The number of ether oxygens (including phenoxy) is 1. The number of hydrogen-bond acceptors (Lipinski definition) is 3. The summed E-state index contributed by atoms with van der Waals surface area (Å²) in [5.74, 6) is -0.305. The van der Waals surface area contributed by atoms with Crippen LogP contribution in [0, 0.1) is 0 Å². The van der Waals surface area contributed by atoms with Gasteiger partial charge in [-0.15, -0.1) is 0 Å². The first-order chi connectivity index (χ1) is 10.3. The minimum Gasteiger partial charge on any atom is -0.463 e. The Morgan fingerprint density at radius 3 is 2.86 bits per heavy atom. The molecule has 0 radical (unpaired) electrons. The molecule has 0 N–H and O–H groups in total. The molecule has 0 bridgehead atoms. The van der Waals surface area contributed by atoms with Crippen LogP contribution in [0.4, 0.5) is 0 Å². The molecule has 21 heavy (non-hydrogen) atoms. The maximum atomic E-state index is 11.2. The fourth-order valence-electron chi connectivity index (χ4n) is 1.98. The minimum atomic E-state index is -1.24. The highest BCUT2D eigenvalue weighted by molar-refractivity contribution is 6.66. The Kier molecular flexibility index (Phi) is 5.91. The van der Waals surface area contributed by atoms with Crippen LogP contribution in [0.2, 0.25) is 6.04 Å². The monoisotopic (exact) mass is 297 g/mol. The molecule has 0 aromatic heterocycles. The number of nitrogens with zero attached hydrogens (tertiary/aromatic N) is 1. The molecule has 0 spiro atoms. The van der Waals surface area contributed by atoms with E-state index in [0.717, 1.165) is 11.6 Å². The zero-order valence-corrected chi connectivity index (χ0v) is 13.3. The van der Waals surface area contributed by atoms with Gasteiger partial charge in [-0.3, -0.25) is 0 Å². The standard InChI is InChI=1S/C17H19NO2Si/c1-2-20-17(19)11-10-16-13-18-21(14-16)12-6-9-15-7-4-3-5-8-15/h3-11,13-14,21H,2,12H2,1H3/b9-6+,11-10+. The predicted octanol–water partition coefficient (Wildman–Crippen LogP) is 3.09. The number of carbonyl (C=O) groups excluding carboxylic acids is 1. The second-order valence-corrected chi connectivity index (χ2v) is 6.88. The van der Waals surface area contributed by atoms with Crippen molar-refractivity contribution in [3.8, 4) is 0 Å². The van der Waals surface area contributed by atoms with E-state index in [0.29, 0.717) is 6.61 Å². The number of rotatable bonds is 6. The molecular weight excluding hydrogens is 278 g/mol. The summed E-state index contributed by atoms with van der Waals surface area (Å²) >= 11 is 0. The van der Waals surface area contributed by atoms with Crippen LogP contribution in [0.1, 0.15) is 12.5 Å². The van der Waals surface area contributed by atoms with Crippen molar-refractivity contribution in [1.29, 1.82) is 0 Å². The van der Waals surface area contributed by atoms with Crippen LogP contribution in [-0.2, 0) is 9.53 Å². The van der Waals surface area contributed by atoms with Gasteiger partial charge in [0.1, 0.15) is 0 Å². The molecule has 0 amide bonds. The Hall–Kier alpha value is -2.20. The maximum absolute atomic E-state index is 11.2. The SMILES string of the molecule is CCOC(=O)/C=C/C1=C[SiH](C/C=C/c2ccccc2)N=C1. The predicted molar refractivity (Wildman–Crippen MR) is 89.8 cm³/mol. The lowest BCUT2D eigenvalue weighted by Crippen LogP contribution is -2.00. The molecular formula is C17H19NO2Si. The fraction of sp³-hybridized carbons (Fsp3) is 0.176. The quantitative estimate of drug-likeness (QED) is 0.460. The van der Waals surface area contributed by atoms with E-state index in [1.807, 2.05) is 24.4 Å². The number of allylic oxidation sites excluding steroid dienone is 3. The van der Waals surface area contributed by atoms with Crippen molar-refractivity contribution in [3.63, 3.8) is 0 Å². The highest BCUT2D eigenvalue weighted by Gasteiger charge is 2.09. The van der Waals surface area contributed by atoms with Crippen molar-refractivity contribution in [2.75, 3.05) is 6.61 Å². The first-order valence-corrected chi connectivity index (χ1v) is 9.09. The van der Waals surface area contributed by atoms with E-state index in [9.17, 15) is 4.79 Å². The van der Waals surface area contributed by atoms with Gasteiger partial charge in [0.2, 0.25) is 0 Å². The summed E-state index contributed by atoms with van der Waals surface area (Å²) in [5.41, 5.74) is 4.40. The first kappa shape index (κ1) is 15.2. The van der Waals surface area contributed by atoms with Crippen LogP contribution >= 0.6 is 0 Å². The van der Waals surface area contributed by atoms with Gasteiger partial charge in [-0.2, -0.15) is 0 Å². The van der Waals surface area contributed by atoms with Gasteiger partial charge in [0.05, 0.1) is 6.61 Å². The molecule has 4 heteroatoms. The molecule has 0 fully saturated rings. The van der Waals surface area contributed by atoms with Gasteiger partial charge in [-0.1, -0.05) is 48.2 Å². The van der Waals surface area contributed by atoms with Gasteiger partial charge in [0.15, 0.2) is 8.96 Å². The van der Waals surface area contributed by atoms with E-state index >= 15 is 0 Å². The molecule has 1 aliphatic rings. The van der Waals surface area contributed by atoms with E-state index < -0.39 is 8.96 Å². The Bertz CT molecular complexity index is 588. The fourth-order valence-corrected chi connectivity index (χ4v) is 3.74.